The number of aromatic carboxylic acids is 1. The third kappa shape index (κ3) is 5.71. The van der Waals surface area contributed by atoms with Crippen LogP contribution in [0.3, 0.4) is 0 Å². The highest BCUT2D eigenvalue weighted by molar-refractivity contribution is 6.30. The molecule has 2 heterocycles. The van der Waals surface area contributed by atoms with Crippen LogP contribution in [0.4, 0.5) is 4.79 Å². The summed E-state index contributed by atoms with van der Waals surface area (Å²) in [6.07, 6.45) is 2.75. The Morgan fingerprint density at radius 2 is 1.94 bits per heavy atom. The van der Waals surface area contributed by atoms with Gasteiger partial charge < -0.3 is 19.5 Å². The second-order valence-corrected chi connectivity index (χ2v) is 8.37. The number of carbonyl (C=O) groups is 2. The van der Waals surface area contributed by atoms with Crippen molar-refractivity contribution in [2.75, 3.05) is 6.54 Å². The number of piperidine rings is 1. The molecule has 4 rings (SSSR count). The molecule has 0 spiro atoms. The number of rotatable bonds is 6. The SMILES string of the molecule is C[C@H]1C[C@H](OCc2cccc(Oc3ccc(Cl)cc3)c2)CCN1C(=O)n1ccc(C(=O)O)n1. The highest BCUT2D eigenvalue weighted by Gasteiger charge is 2.30. The molecule has 1 N–H and O–H groups in total. The lowest BCUT2D eigenvalue weighted by Crippen LogP contribution is -2.48. The van der Waals surface area contributed by atoms with Gasteiger partial charge in [0.25, 0.3) is 0 Å². The summed E-state index contributed by atoms with van der Waals surface area (Å²) in [5.74, 6) is 0.257. The zero-order valence-corrected chi connectivity index (χ0v) is 18.8. The van der Waals surface area contributed by atoms with Gasteiger partial charge in [0.2, 0.25) is 0 Å². The number of aromatic nitrogens is 2. The zero-order chi connectivity index (χ0) is 23.4. The minimum absolute atomic E-state index is 0.0112. The molecule has 0 bridgehead atoms. The summed E-state index contributed by atoms with van der Waals surface area (Å²) in [5.41, 5.74) is 0.835. The van der Waals surface area contributed by atoms with E-state index in [0.29, 0.717) is 42.5 Å². The van der Waals surface area contributed by atoms with Crippen molar-refractivity contribution in [1.82, 2.24) is 14.7 Å². The average Bonchev–Trinajstić information content (AvgIpc) is 3.30. The van der Waals surface area contributed by atoms with Crippen molar-refractivity contribution in [3.63, 3.8) is 0 Å². The number of amides is 1. The van der Waals surface area contributed by atoms with Gasteiger partial charge in [-0.2, -0.15) is 9.78 Å². The van der Waals surface area contributed by atoms with Crippen molar-refractivity contribution in [3.8, 4) is 11.5 Å². The minimum atomic E-state index is -1.16. The molecular weight excluding hydrogens is 446 g/mol. The molecule has 1 aromatic heterocycles. The Kier molecular flexibility index (Phi) is 6.96. The van der Waals surface area contributed by atoms with Crippen molar-refractivity contribution in [2.24, 2.45) is 0 Å². The van der Waals surface area contributed by atoms with Crippen molar-refractivity contribution in [1.29, 1.82) is 0 Å². The molecule has 1 aliphatic rings. The Morgan fingerprint density at radius 1 is 1.15 bits per heavy atom. The number of ether oxygens (including phenoxy) is 2. The number of hydrogen-bond acceptors (Lipinski definition) is 5. The maximum Gasteiger partial charge on any atom is 0.356 e. The Balaban J connectivity index is 1.30. The molecule has 9 heteroatoms. The fourth-order valence-corrected chi connectivity index (χ4v) is 3.92. The summed E-state index contributed by atoms with van der Waals surface area (Å²) in [5, 5.41) is 13.5. The number of benzene rings is 2. The second-order valence-electron chi connectivity index (χ2n) is 7.94. The molecule has 172 valence electrons. The molecule has 1 amide bonds. The first kappa shape index (κ1) is 22.8. The first-order valence-corrected chi connectivity index (χ1v) is 11.0. The van der Waals surface area contributed by atoms with Crippen LogP contribution in [-0.4, -0.2) is 50.5 Å². The van der Waals surface area contributed by atoms with E-state index >= 15 is 0 Å². The summed E-state index contributed by atoms with van der Waals surface area (Å²) in [4.78, 5) is 25.4. The van der Waals surface area contributed by atoms with Crippen molar-refractivity contribution in [2.45, 2.75) is 38.5 Å². The predicted octanol–water partition coefficient (Wildman–Crippen LogP) is 5.06. The number of hydrogen-bond donors (Lipinski definition) is 1. The Bertz CT molecular complexity index is 1130. The van der Waals surface area contributed by atoms with E-state index in [2.05, 4.69) is 5.10 Å². The summed E-state index contributed by atoms with van der Waals surface area (Å²) in [7, 11) is 0. The molecule has 2 aromatic carbocycles. The van der Waals surface area contributed by atoms with Crippen LogP contribution in [-0.2, 0) is 11.3 Å². The lowest BCUT2D eigenvalue weighted by molar-refractivity contribution is -0.0107. The minimum Gasteiger partial charge on any atom is -0.476 e. The number of carboxylic acids is 1. The number of likely N-dealkylation sites (tertiary alicyclic amines) is 1. The monoisotopic (exact) mass is 469 g/mol. The second kappa shape index (κ2) is 10.1. The third-order valence-electron chi connectivity index (χ3n) is 5.51. The van der Waals surface area contributed by atoms with Crippen LogP contribution < -0.4 is 4.74 Å². The van der Waals surface area contributed by atoms with E-state index in [1.54, 1.807) is 17.0 Å². The topological polar surface area (TPSA) is 93.9 Å². The smallest absolute Gasteiger partial charge is 0.356 e. The molecular formula is C24H24ClN3O5. The summed E-state index contributed by atoms with van der Waals surface area (Å²) >= 11 is 5.92. The molecule has 0 unspecified atom stereocenters. The number of carboxylic acid groups (broad SMARTS) is 1. The Labute approximate surface area is 196 Å². The van der Waals surface area contributed by atoms with E-state index in [1.807, 2.05) is 43.3 Å². The number of halogens is 1. The van der Waals surface area contributed by atoms with Crippen molar-refractivity contribution >= 4 is 23.6 Å². The van der Waals surface area contributed by atoms with Crippen LogP contribution in [0.1, 0.15) is 35.8 Å². The molecule has 1 aliphatic heterocycles. The van der Waals surface area contributed by atoms with Gasteiger partial charge in [-0.1, -0.05) is 23.7 Å². The summed E-state index contributed by atoms with van der Waals surface area (Å²) in [6.45, 7) is 2.90. The standard InChI is InChI=1S/C24H24ClN3O5/c1-16-13-20(9-11-27(16)24(31)28-12-10-22(26-28)23(29)30)32-15-17-3-2-4-21(14-17)33-19-7-5-18(25)6-8-19/h2-8,10,12,14,16,20H,9,11,13,15H2,1H3,(H,29,30)/t16-,20+/m0/s1. The first-order valence-electron chi connectivity index (χ1n) is 10.6. The lowest BCUT2D eigenvalue weighted by atomic mass is 10.0. The van der Waals surface area contributed by atoms with Crippen LogP contribution >= 0.6 is 11.6 Å². The fraction of sp³-hybridized carbons (Fsp3) is 0.292. The maximum atomic E-state index is 12.7. The fourth-order valence-electron chi connectivity index (χ4n) is 3.79. The normalized spacial score (nSPS) is 18.2. The van der Waals surface area contributed by atoms with Crippen molar-refractivity contribution in [3.05, 3.63) is 77.1 Å². The molecule has 3 aromatic rings. The van der Waals surface area contributed by atoms with Crippen molar-refractivity contribution < 1.29 is 24.2 Å². The molecule has 33 heavy (non-hydrogen) atoms. The van der Waals surface area contributed by atoms with E-state index in [-0.39, 0.29) is 23.9 Å². The molecule has 0 aliphatic carbocycles. The van der Waals surface area contributed by atoms with Gasteiger partial charge in [-0.3, -0.25) is 0 Å². The van der Waals surface area contributed by atoms with Gasteiger partial charge in [-0.15, -0.1) is 0 Å². The zero-order valence-electron chi connectivity index (χ0n) is 18.1. The molecule has 1 saturated heterocycles. The maximum absolute atomic E-state index is 12.7. The molecule has 2 atom stereocenters. The third-order valence-corrected chi connectivity index (χ3v) is 5.76. The van der Waals surface area contributed by atoms with E-state index in [0.717, 1.165) is 10.2 Å². The van der Waals surface area contributed by atoms with E-state index in [1.165, 1.54) is 12.3 Å². The number of carbonyl (C=O) groups excluding carboxylic acids is 1. The van der Waals surface area contributed by atoms with E-state index in [9.17, 15) is 9.59 Å². The van der Waals surface area contributed by atoms with Crippen LogP contribution in [0.5, 0.6) is 11.5 Å². The quantitative estimate of drug-likeness (QED) is 0.542. The highest BCUT2D eigenvalue weighted by Crippen LogP contribution is 2.26. The Morgan fingerprint density at radius 3 is 2.64 bits per heavy atom. The molecule has 0 saturated carbocycles. The highest BCUT2D eigenvalue weighted by atomic mass is 35.5. The van der Waals surface area contributed by atoms with Gasteiger partial charge in [-0.25, -0.2) is 9.59 Å². The van der Waals surface area contributed by atoms with Gasteiger partial charge in [0, 0.05) is 23.8 Å². The van der Waals surface area contributed by atoms with Gasteiger partial charge in [0.15, 0.2) is 5.69 Å². The summed E-state index contributed by atoms with van der Waals surface area (Å²) in [6, 6.07) is 15.8. The molecule has 0 radical (unpaired) electrons. The first-order chi connectivity index (χ1) is 15.9. The van der Waals surface area contributed by atoms with Crippen LogP contribution in [0.25, 0.3) is 0 Å². The predicted molar refractivity (Wildman–Crippen MR) is 122 cm³/mol. The van der Waals surface area contributed by atoms with Gasteiger partial charge in [0.1, 0.15) is 11.5 Å². The van der Waals surface area contributed by atoms with E-state index < -0.39 is 5.97 Å². The van der Waals surface area contributed by atoms with Gasteiger partial charge in [0.05, 0.1) is 12.7 Å². The summed E-state index contributed by atoms with van der Waals surface area (Å²) < 4.78 is 13.1. The molecule has 1 fully saturated rings. The van der Waals surface area contributed by atoms with Gasteiger partial charge >= 0.3 is 12.0 Å². The van der Waals surface area contributed by atoms with Crippen LogP contribution in [0.15, 0.2) is 60.8 Å². The van der Waals surface area contributed by atoms with E-state index in [4.69, 9.17) is 26.2 Å². The Hall–Kier alpha value is -3.36. The lowest BCUT2D eigenvalue weighted by Gasteiger charge is -2.37. The largest absolute Gasteiger partial charge is 0.476 e. The van der Waals surface area contributed by atoms with Gasteiger partial charge in [-0.05, 0) is 67.8 Å². The number of nitrogens with zero attached hydrogens (tertiary/aromatic N) is 3. The van der Waals surface area contributed by atoms with Crippen LogP contribution in [0, 0.1) is 0 Å². The molecule has 8 nitrogen and oxygen atoms in total. The van der Waals surface area contributed by atoms with Crippen LogP contribution in [0.2, 0.25) is 5.02 Å². The average molecular weight is 470 g/mol.